The Morgan fingerprint density at radius 2 is 2.50 bits per heavy atom. The normalized spacial score (nSPS) is 20.1. The first kappa shape index (κ1) is 11.6. The van der Waals surface area contributed by atoms with Crippen LogP contribution in [-0.2, 0) is 4.79 Å². The molecule has 1 aliphatic rings. The van der Waals surface area contributed by atoms with Crippen molar-refractivity contribution in [1.82, 2.24) is 10.6 Å². The van der Waals surface area contributed by atoms with Crippen molar-refractivity contribution in [1.29, 1.82) is 0 Å². The summed E-state index contributed by atoms with van der Waals surface area (Å²) in [6.07, 6.45) is 0.176. The Morgan fingerprint density at radius 1 is 1.75 bits per heavy atom. The third-order valence-corrected chi connectivity index (χ3v) is 3.96. The van der Waals surface area contributed by atoms with Crippen molar-refractivity contribution in [3.63, 3.8) is 0 Å². The summed E-state index contributed by atoms with van der Waals surface area (Å²) < 4.78 is 0. The standard InChI is InChI=1S/C11H16N2O2S/c1-8(9-3-2-4-16-9)13-11(5-10(14)15)6-12-7-11/h2-4,8,12-13H,5-7H2,1H3,(H,14,15)/t8-/m0/s1. The number of thiophene rings is 1. The molecule has 0 saturated carbocycles. The smallest absolute Gasteiger partial charge is 0.305 e. The van der Waals surface area contributed by atoms with E-state index in [1.807, 2.05) is 11.4 Å². The van der Waals surface area contributed by atoms with Crippen LogP contribution in [0.25, 0.3) is 0 Å². The third kappa shape index (κ3) is 2.42. The summed E-state index contributed by atoms with van der Waals surface area (Å²) >= 11 is 1.69. The summed E-state index contributed by atoms with van der Waals surface area (Å²) in [5, 5.41) is 17.5. The fourth-order valence-corrected chi connectivity index (χ4v) is 2.80. The Hall–Kier alpha value is -0.910. The SMILES string of the molecule is C[C@H](NC1(CC(=O)O)CNC1)c1cccs1. The molecule has 0 amide bonds. The lowest BCUT2D eigenvalue weighted by atomic mass is 9.87. The minimum absolute atomic E-state index is 0.176. The van der Waals surface area contributed by atoms with Crippen LogP contribution in [0.15, 0.2) is 17.5 Å². The first-order valence-electron chi connectivity index (χ1n) is 5.35. The molecule has 1 aromatic rings. The van der Waals surface area contributed by atoms with Crippen molar-refractivity contribution >= 4 is 17.3 Å². The minimum Gasteiger partial charge on any atom is -0.481 e. The second-order valence-electron chi connectivity index (χ2n) is 4.34. The molecule has 0 aliphatic carbocycles. The molecule has 16 heavy (non-hydrogen) atoms. The molecule has 2 heterocycles. The van der Waals surface area contributed by atoms with Gasteiger partial charge in [0.15, 0.2) is 0 Å². The zero-order chi connectivity index (χ0) is 11.6. The van der Waals surface area contributed by atoms with Crippen LogP contribution in [0.1, 0.15) is 24.3 Å². The monoisotopic (exact) mass is 240 g/mol. The zero-order valence-electron chi connectivity index (χ0n) is 9.19. The number of carbonyl (C=O) groups is 1. The largest absolute Gasteiger partial charge is 0.481 e. The molecule has 0 spiro atoms. The van der Waals surface area contributed by atoms with E-state index in [0.717, 1.165) is 13.1 Å². The molecular formula is C11H16N2O2S. The van der Waals surface area contributed by atoms with Gasteiger partial charge in [0.2, 0.25) is 0 Å². The summed E-state index contributed by atoms with van der Waals surface area (Å²) in [5.74, 6) is -0.743. The van der Waals surface area contributed by atoms with Crippen LogP contribution in [-0.4, -0.2) is 29.7 Å². The van der Waals surface area contributed by atoms with E-state index in [1.165, 1.54) is 4.88 Å². The molecule has 0 radical (unpaired) electrons. The molecule has 1 saturated heterocycles. The molecule has 1 fully saturated rings. The average Bonchev–Trinajstić information content (AvgIpc) is 2.66. The lowest BCUT2D eigenvalue weighted by molar-refractivity contribution is -0.139. The van der Waals surface area contributed by atoms with Gasteiger partial charge in [-0.3, -0.25) is 4.79 Å². The molecular weight excluding hydrogens is 224 g/mol. The van der Waals surface area contributed by atoms with Crippen LogP contribution < -0.4 is 10.6 Å². The predicted molar refractivity (Wildman–Crippen MR) is 63.7 cm³/mol. The maximum atomic E-state index is 10.8. The fraction of sp³-hybridized carbons (Fsp3) is 0.545. The maximum Gasteiger partial charge on any atom is 0.305 e. The van der Waals surface area contributed by atoms with Gasteiger partial charge in [-0.1, -0.05) is 6.07 Å². The van der Waals surface area contributed by atoms with Crippen molar-refractivity contribution in [2.24, 2.45) is 0 Å². The van der Waals surface area contributed by atoms with E-state index in [2.05, 4.69) is 23.6 Å². The number of hydrogen-bond acceptors (Lipinski definition) is 4. The summed E-state index contributed by atoms with van der Waals surface area (Å²) in [6, 6.07) is 4.30. The fourth-order valence-electron chi connectivity index (χ4n) is 2.06. The lowest BCUT2D eigenvalue weighted by Gasteiger charge is -2.44. The van der Waals surface area contributed by atoms with E-state index in [0.29, 0.717) is 0 Å². The van der Waals surface area contributed by atoms with Gasteiger partial charge >= 0.3 is 5.97 Å². The van der Waals surface area contributed by atoms with Crippen molar-refractivity contribution < 1.29 is 9.90 Å². The summed E-state index contributed by atoms with van der Waals surface area (Å²) in [7, 11) is 0. The Morgan fingerprint density at radius 3 is 2.94 bits per heavy atom. The highest BCUT2D eigenvalue weighted by molar-refractivity contribution is 7.10. The molecule has 88 valence electrons. The molecule has 0 unspecified atom stereocenters. The number of nitrogens with one attached hydrogen (secondary N) is 2. The first-order chi connectivity index (χ1) is 7.61. The van der Waals surface area contributed by atoms with Crippen LogP contribution in [0, 0.1) is 0 Å². The van der Waals surface area contributed by atoms with Gasteiger partial charge < -0.3 is 15.7 Å². The van der Waals surface area contributed by atoms with Crippen LogP contribution in [0.3, 0.4) is 0 Å². The van der Waals surface area contributed by atoms with E-state index >= 15 is 0 Å². The lowest BCUT2D eigenvalue weighted by Crippen LogP contribution is -2.68. The summed E-state index contributed by atoms with van der Waals surface area (Å²) in [4.78, 5) is 12.1. The number of rotatable bonds is 5. The molecule has 2 rings (SSSR count). The molecule has 1 aliphatic heterocycles. The Labute approximate surface area is 98.7 Å². The Bertz CT molecular complexity index is 360. The van der Waals surface area contributed by atoms with Crippen LogP contribution in [0.4, 0.5) is 0 Å². The highest BCUT2D eigenvalue weighted by Gasteiger charge is 2.39. The van der Waals surface area contributed by atoms with Gasteiger partial charge in [0, 0.05) is 24.0 Å². The van der Waals surface area contributed by atoms with Crippen molar-refractivity contribution in [2.75, 3.05) is 13.1 Å². The van der Waals surface area contributed by atoms with Crippen LogP contribution >= 0.6 is 11.3 Å². The zero-order valence-corrected chi connectivity index (χ0v) is 10.0. The van der Waals surface area contributed by atoms with Gasteiger partial charge in [-0.25, -0.2) is 0 Å². The summed E-state index contributed by atoms with van der Waals surface area (Å²) in [6.45, 7) is 3.54. The van der Waals surface area contributed by atoms with Crippen LogP contribution in [0.5, 0.6) is 0 Å². The topological polar surface area (TPSA) is 61.4 Å². The highest BCUT2D eigenvalue weighted by atomic mass is 32.1. The molecule has 3 N–H and O–H groups in total. The molecule has 0 aromatic carbocycles. The van der Waals surface area contributed by atoms with E-state index in [9.17, 15) is 4.79 Å². The second-order valence-corrected chi connectivity index (χ2v) is 5.32. The van der Waals surface area contributed by atoms with Gasteiger partial charge in [-0.15, -0.1) is 11.3 Å². The first-order valence-corrected chi connectivity index (χ1v) is 6.23. The summed E-state index contributed by atoms with van der Waals surface area (Å²) in [5.41, 5.74) is -0.269. The van der Waals surface area contributed by atoms with Crippen molar-refractivity contribution in [3.05, 3.63) is 22.4 Å². The van der Waals surface area contributed by atoms with Gasteiger partial charge in [0.25, 0.3) is 0 Å². The van der Waals surface area contributed by atoms with E-state index in [-0.39, 0.29) is 18.0 Å². The quantitative estimate of drug-likeness (QED) is 0.724. The second kappa shape index (κ2) is 4.53. The van der Waals surface area contributed by atoms with Gasteiger partial charge in [0.1, 0.15) is 0 Å². The molecule has 4 nitrogen and oxygen atoms in total. The predicted octanol–water partition coefficient (Wildman–Crippen LogP) is 1.22. The number of aliphatic carboxylic acids is 1. The molecule has 1 atom stereocenters. The van der Waals surface area contributed by atoms with Gasteiger partial charge in [0.05, 0.1) is 12.0 Å². The van der Waals surface area contributed by atoms with E-state index < -0.39 is 5.97 Å². The average molecular weight is 240 g/mol. The van der Waals surface area contributed by atoms with E-state index in [1.54, 1.807) is 11.3 Å². The van der Waals surface area contributed by atoms with Crippen molar-refractivity contribution in [3.8, 4) is 0 Å². The van der Waals surface area contributed by atoms with Crippen LogP contribution in [0.2, 0.25) is 0 Å². The number of carboxylic acid groups (broad SMARTS) is 1. The van der Waals surface area contributed by atoms with Crippen molar-refractivity contribution in [2.45, 2.75) is 24.9 Å². The molecule has 5 heteroatoms. The van der Waals surface area contributed by atoms with Gasteiger partial charge in [-0.2, -0.15) is 0 Å². The highest BCUT2D eigenvalue weighted by Crippen LogP contribution is 2.24. The Kier molecular flexibility index (Phi) is 3.28. The van der Waals surface area contributed by atoms with Gasteiger partial charge in [-0.05, 0) is 18.4 Å². The molecule has 0 bridgehead atoms. The number of carboxylic acids is 1. The maximum absolute atomic E-state index is 10.8. The number of hydrogen-bond donors (Lipinski definition) is 3. The molecule has 1 aromatic heterocycles. The third-order valence-electron chi connectivity index (χ3n) is 2.91. The minimum atomic E-state index is -0.743. The van der Waals surface area contributed by atoms with E-state index in [4.69, 9.17) is 5.11 Å². The Balaban J connectivity index is 1.99.